The molecule has 3 rings (SSSR count). The van der Waals surface area contributed by atoms with Crippen LogP contribution in [-0.2, 0) is 9.53 Å². The molecule has 3 aliphatic rings. The molecule has 0 aromatic carbocycles. The van der Waals surface area contributed by atoms with Crippen molar-refractivity contribution in [2.24, 2.45) is 16.6 Å². The minimum Gasteiger partial charge on any atom is -0.469 e. The number of carbonyl (C=O) groups is 1. The lowest BCUT2D eigenvalue weighted by Crippen LogP contribution is -2.66. The van der Waals surface area contributed by atoms with E-state index in [0.717, 1.165) is 25.0 Å². The maximum Gasteiger partial charge on any atom is 0.311 e. The van der Waals surface area contributed by atoms with Crippen LogP contribution in [0, 0.1) is 10.8 Å². The lowest BCUT2D eigenvalue weighted by atomic mass is 9.36. The van der Waals surface area contributed by atoms with Crippen molar-refractivity contribution in [3.63, 3.8) is 0 Å². The van der Waals surface area contributed by atoms with Gasteiger partial charge in [0.2, 0.25) is 0 Å². The molecule has 0 spiro atoms. The number of methoxy groups -OCH3 is 1. The van der Waals surface area contributed by atoms with Crippen molar-refractivity contribution in [2.75, 3.05) is 12.9 Å². The van der Waals surface area contributed by atoms with E-state index in [2.05, 4.69) is 0 Å². The zero-order chi connectivity index (χ0) is 10.4. The van der Waals surface area contributed by atoms with E-state index in [1.165, 1.54) is 18.9 Å². The zero-order valence-electron chi connectivity index (χ0n) is 8.04. The fourth-order valence-electron chi connectivity index (χ4n) is 2.81. The number of nitrogens with two attached hydrogens (primary N) is 1. The van der Waals surface area contributed by atoms with Crippen molar-refractivity contribution < 1.29 is 9.53 Å². The molecule has 0 aliphatic heterocycles. The quantitative estimate of drug-likeness (QED) is 0.586. The maximum absolute atomic E-state index is 11.4. The van der Waals surface area contributed by atoms with Crippen molar-refractivity contribution >= 4 is 34.3 Å². The van der Waals surface area contributed by atoms with Crippen LogP contribution in [0.4, 0.5) is 0 Å². The van der Waals surface area contributed by atoms with E-state index in [9.17, 15) is 4.79 Å². The van der Waals surface area contributed by atoms with Gasteiger partial charge < -0.3 is 10.5 Å². The lowest BCUT2D eigenvalue weighted by Gasteiger charge is -2.68. The molecule has 5 heteroatoms. The van der Waals surface area contributed by atoms with Crippen LogP contribution in [0.3, 0.4) is 0 Å². The summed E-state index contributed by atoms with van der Waals surface area (Å²) in [6.45, 7) is 0. The van der Waals surface area contributed by atoms with Gasteiger partial charge in [-0.05, 0) is 24.7 Å². The molecule has 0 amide bonds. The molecule has 3 saturated carbocycles. The molecule has 2 N–H and O–H groups in total. The van der Waals surface area contributed by atoms with Gasteiger partial charge in [-0.3, -0.25) is 4.79 Å². The van der Waals surface area contributed by atoms with Gasteiger partial charge >= 0.3 is 5.97 Å². The van der Waals surface area contributed by atoms with E-state index >= 15 is 0 Å². The fourth-order valence-corrected chi connectivity index (χ4v) is 3.74. The Hall–Kier alpha value is -0.290. The third kappa shape index (κ3) is 1.34. The minimum atomic E-state index is -0.133. The number of esters is 1. The Kier molecular flexibility index (Phi) is 2.27. The first-order chi connectivity index (χ1) is 6.52. The van der Waals surface area contributed by atoms with Gasteiger partial charge in [0.15, 0.2) is 0 Å². The van der Waals surface area contributed by atoms with Crippen LogP contribution in [0.1, 0.15) is 19.3 Å². The summed E-state index contributed by atoms with van der Waals surface area (Å²) in [6, 6.07) is 0. The summed E-state index contributed by atoms with van der Waals surface area (Å²) in [5.41, 5.74) is 5.62. The number of thioether (sulfide) groups is 1. The van der Waals surface area contributed by atoms with Crippen molar-refractivity contribution in [3.05, 3.63) is 0 Å². The first-order valence-electron chi connectivity index (χ1n) is 4.53. The third-order valence-corrected chi connectivity index (χ3v) is 4.67. The van der Waals surface area contributed by atoms with Gasteiger partial charge in [-0.2, -0.15) is 0 Å². The predicted molar refractivity (Wildman–Crippen MR) is 60.0 cm³/mol. The van der Waals surface area contributed by atoms with Crippen molar-refractivity contribution in [2.45, 2.75) is 19.3 Å². The van der Waals surface area contributed by atoms with Gasteiger partial charge in [-0.15, -0.1) is 0 Å². The van der Waals surface area contributed by atoms with E-state index in [1.54, 1.807) is 0 Å². The average Bonchev–Trinajstić information content (AvgIpc) is 1.98. The van der Waals surface area contributed by atoms with Crippen molar-refractivity contribution in [1.82, 2.24) is 0 Å². The molecule has 78 valence electrons. The summed E-state index contributed by atoms with van der Waals surface area (Å²) >= 11 is 6.33. The van der Waals surface area contributed by atoms with E-state index in [4.69, 9.17) is 22.7 Å². The third-order valence-electron chi connectivity index (χ3n) is 3.28. The second-order valence-electron chi connectivity index (χ2n) is 4.41. The number of hydrogen-bond acceptors (Lipinski definition) is 4. The maximum atomic E-state index is 11.4. The highest BCUT2D eigenvalue weighted by Gasteiger charge is 2.71. The number of thiocarbonyl (C=S) groups is 1. The summed E-state index contributed by atoms with van der Waals surface area (Å²) in [5, 5.41) is 0. The van der Waals surface area contributed by atoms with Gasteiger partial charge in [0.05, 0.1) is 12.5 Å². The molecule has 0 saturated heterocycles. The summed E-state index contributed by atoms with van der Waals surface area (Å²) in [5.74, 6) is 0.917. The smallest absolute Gasteiger partial charge is 0.311 e. The topological polar surface area (TPSA) is 52.3 Å². The van der Waals surface area contributed by atoms with Crippen LogP contribution in [0.2, 0.25) is 0 Å². The molecule has 0 heterocycles. The Bertz CT molecular complexity index is 283. The standard InChI is InChI=1S/C9H13NO2S2/c1-12-6(11)9-2-8(3-9,4-9)5-14-7(10)13/h2-5H2,1H3,(H2,10,13). The normalized spacial score (nSPS) is 38.1. The molecule has 0 radical (unpaired) electrons. The highest BCUT2D eigenvalue weighted by Crippen LogP contribution is 2.74. The Morgan fingerprint density at radius 1 is 1.57 bits per heavy atom. The average molecular weight is 231 g/mol. The molecule has 0 atom stereocenters. The summed E-state index contributed by atoms with van der Waals surface area (Å²) in [4.78, 5) is 11.4. The Labute approximate surface area is 92.7 Å². The first-order valence-corrected chi connectivity index (χ1v) is 5.92. The van der Waals surface area contributed by atoms with Crippen LogP contribution in [0.15, 0.2) is 0 Å². The van der Waals surface area contributed by atoms with Gasteiger partial charge in [-0.25, -0.2) is 0 Å². The molecule has 3 nitrogen and oxygen atoms in total. The van der Waals surface area contributed by atoms with E-state index in [-0.39, 0.29) is 11.4 Å². The van der Waals surface area contributed by atoms with E-state index in [1.807, 2.05) is 0 Å². The minimum absolute atomic E-state index is 0.0419. The molecule has 14 heavy (non-hydrogen) atoms. The van der Waals surface area contributed by atoms with E-state index < -0.39 is 0 Å². The summed E-state index contributed by atoms with van der Waals surface area (Å²) in [7, 11) is 1.46. The van der Waals surface area contributed by atoms with Crippen molar-refractivity contribution in [3.8, 4) is 0 Å². The largest absolute Gasteiger partial charge is 0.469 e. The first kappa shape index (κ1) is 10.2. The summed E-state index contributed by atoms with van der Waals surface area (Å²) in [6.07, 6.45) is 2.88. The molecule has 0 aromatic heterocycles. The van der Waals surface area contributed by atoms with Gasteiger partial charge in [0.1, 0.15) is 4.32 Å². The molecular formula is C9H13NO2S2. The second-order valence-corrected chi connectivity index (χ2v) is 6.13. The predicted octanol–water partition coefficient (Wildman–Crippen LogP) is 1.31. The molecule has 2 bridgehead atoms. The van der Waals surface area contributed by atoms with Gasteiger partial charge in [-0.1, -0.05) is 24.0 Å². The molecular weight excluding hydrogens is 218 g/mol. The molecule has 0 unspecified atom stereocenters. The van der Waals surface area contributed by atoms with Gasteiger partial charge in [0, 0.05) is 5.75 Å². The monoisotopic (exact) mass is 231 g/mol. The zero-order valence-corrected chi connectivity index (χ0v) is 9.67. The molecule has 0 aromatic rings. The number of carbonyl (C=O) groups excluding carboxylic acids is 1. The molecule has 3 fully saturated rings. The van der Waals surface area contributed by atoms with Gasteiger partial charge in [0.25, 0.3) is 0 Å². The lowest BCUT2D eigenvalue weighted by molar-refractivity contribution is -0.216. The van der Waals surface area contributed by atoms with Crippen LogP contribution < -0.4 is 5.73 Å². The SMILES string of the molecule is COC(=O)C12CC(CSC(N)=S)(C1)C2. The Morgan fingerprint density at radius 3 is 2.57 bits per heavy atom. The Balaban J connectivity index is 1.82. The van der Waals surface area contributed by atoms with Crippen LogP contribution in [0.5, 0.6) is 0 Å². The number of rotatable bonds is 3. The van der Waals surface area contributed by atoms with Crippen LogP contribution in [0.25, 0.3) is 0 Å². The highest BCUT2D eigenvalue weighted by atomic mass is 32.2. The van der Waals surface area contributed by atoms with Crippen molar-refractivity contribution in [1.29, 1.82) is 0 Å². The highest BCUT2D eigenvalue weighted by molar-refractivity contribution is 8.22. The van der Waals surface area contributed by atoms with Crippen LogP contribution >= 0.6 is 24.0 Å². The number of ether oxygens (including phenoxy) is 1. The summed E-state index contributed by atoms with van der Waals surface area (Å²) < 4.78 is 5.27. The Morgan fingerprint density at radius 2 is 2.14 bits per heavy atom. The molecule has 3 aliphatic carbocycles. The number of hydrogen-bond donors (Lipinski definition) is 1. The van der Waals surface area contributed by atoms with Crippen LogP contribution in [-0.4, -0.2) is 23.2 Å². The van der Waals surface area contributed by atoms with E-state index in [0.29, 0.717) is 9.74 Å². The fraction of sp³-hybridized carbons (Fsp3) is 0.778. The second kappa shape index (κ2) is 3.10.